The third-order valence-corrected chi connectivity index (χ3v) is 1.83. The summed E-state index contributed by atoms with van der Waals surface area (Å²) in [5.74, 6) is -0.668. The number of ether oxygens (including phenoxy) is 1. The van der Waals surface area contributed by atoms with E-state index in [0.717, 1.165) is 0 Å². The molecule has 5 heteroatoms. The lowest BCUT2D eigenvalue weighted by Gasteiger charge is -2.23. The molecule has 1 rings (SSSR count). The van der Waals surface area contributed by atoms with Crippen LogP contribution in [0.5, 0.6) is 0 Å². The summed E-state index contributed by atoms with van der Waals surface area (Å²) in [5.41, 5.74) is -0.535. The van der Waals surface area contributed by atoms with Gasteiger partial charge in [0, 0.05) is 6.54 Å². The van der Waals surface area contributed by atoms with Gasteiger partial charge in [0.1, 0.15) is 11.4 Å². The number of carbonyl (C=O) groups excluding carboxylic acids is 2. The van der Waals surface area contributed by atoms with Gasteiger partial charge in [0.15, 0.2) is 0 Å². The van der Waals surface area contributed by atoms with Crippen LogP contribution in [0.4, 0.5) is 4.79 Å². The molecule has 1 amide bonds. The fourth-order valence-electron chi connectivity index (χ4n) is 1.17. The molecule has 1 saturated heterocycles. The average Bonchev–Trinajstić information content (AvgIpc) is 2.28. The smallest absolute Gasteiger partial charge is 0.410 e. The molecule has 76 valence electrons. The maximum Gasteiger partial charge on any atom is 0.410 e. The summed E-state index contributed by atoms with van der Waals surface area (Å²) in [5, 5.41) is 0. The Hall–Kier alpha value is -0.995. The predicted molar refractivity (Wildman–Crippen MR) is 52.3 cm³/mol. The fourth-order valence-corrected chi connectivity index (χ4v) is 1.17. The third kappa shape index (κ3) is 2.75. The van der Waals surface area contributed by atoms with E-state index < -0.39 is 17.5 Å². The molecule has 1 unspecified atom stereocenters. The quantitative estimate of drug-likeness (QED) is 0.536. The molecule has 1 fully saturated rings. The van der Waals surface area contributed by atoms with Crippen molar-refractivity contribution in [2.75, 3.05) is 13.1 Å². The first kappa shape index (κ1) is 11.1. The van der Waals surface area contributed by atoms with Gasteiger partial charge in [-0.25, -0.2) is 4.79 Å². The Kier molecular flexibility index (Phi) is 2.88. The molecule has 0 aliphatic carbocycles. The zero-order valence-electron chi connectivity index (χ0n) is 8.74. The maximum absolute atomic E-state index is 11.4. The van der Waals surface area contributed by atoms with Gasteiger partial charge in [-0.05, 0) is 26.6 Å². The lowest BCUT2D eigenvalue weighted by molar-refractivity contribution is -0.116. The topological polar surface area (TPSA) is 46.6 Å². The minimum absolute atomic E-state index is 0.0656. The predicted octanol–water partition coefficient (Wildman–Crippen LogP) is 0.763. The number of ketones is 1. The van der Waals surface area contributed by atoms with Gasteiger partial charge in [-0.2, -0.15) is 0 Å². The van der Waals surface area contributed by atoms with Crippen molar-refractivity contribution in [3.63, 3.8) is 0 Å². The highest BCUT2D eigenvalue weighted by Crippen LogP contribution is 2.17. The minimum atomic E-state index is -0.553. The van der Waals surface area contributed by atoms with Crippen LogP contribution in [0.15, 0.2) is 0 Å². The van der Waals surface area contributed by atoms with Gasteiger partial charge in [0.2, 0.25) is 0 Å². The molecule has 0 aromatic heterocycles. The van der Waals surface area contributed by atoms with Crippen LogP contribution in [0.3, 0.4) is 0 Å². The number of Topliss-reactive ketones (excluding diaryl/α,β-unsaturated/α-hetero) is 1. The van der Waals surface area contributed by atoms with Crippen molar-refractivity contribution < 1.29 is 14.3 Å². The standard InChI is InChI=1S/C9H14BNO3/c1-9(2,3)14-8(13)11-4-6(10)7(12)5-11/h6H,4-5H2,1-3H3. The molecule has 1 heterocycles. The van der Waals surface area contributed by atoms with Gasteiger partial charge in [-0.1, -0.05) is 0 Å². The van der Waals surface area contributed by atoms with Crippen LogP contribution >= 0.6 is 0 Å². The SMILES string of the molecule is [B]C1CN(C(=O)OC(C)(C)C)CC1=O. The number of nitrogens with zero attached hydrogens (tertiary/aromatic N) is 1. The van der Waals surface area contributed by atoms with Gasteiger partial charge in [0.05, 0.1) is 14.4 Å². The van der Waals surface area contributed by atoms with Gasteiger partial charge in [-0.15, -0.1) is 0 Å². The molecular weight excluding hydrogens is 181 g/mol. The third-order valence-electron chi connectivity index (χ3n) is 1.83. The summed E-state index contributed by atoms with van der Waals surface area (Å²) in [6.07, 6.45) is -0.473. The van der Waals surface area contributed by atoms with Crippen molar-refractivity contribution in [3.8, 4) is 0 Å². The second-order valence-corrected chi connectivity index (χ2v) is 4.43. The Bertz CT molecular complexity index is 259. The second kappa shape index (κ2) is 3.63. The monoisotopic (exact) mass is 195 g/mol. The molecule has 1 aliphatic rings. The Labute approximate surface area is 85.0 Å². The van der Waals surface area contributed by atoms with E-state index in [9.17, 15) is 9.59 Å². The van der Waals surface area contributed by atoms with E-state index in [1.54, 1.807) is 20.8 Å². The number of carbonyl (C=O) groups is 2. The lowest BCUT2D eigenvalue weighted by Crippen LogP contribution is -2.35. The first-order chi connectivity index (χ1) is 6.29. The first-order valence-electron chi connectivity index (χ1n) is 4.56. The minimum Gasteiger partial charge on any atom is -0.444 e. The van der Waals surface area contributed by atoms with Crippen molar-refractivity contribution in [1.29, 1.82) is 0 Å². The van der Waals surface area contributed by atoms with E-state index in [2.05, 4.69) is 0 Å². The summed E-state index contributed by atoms with van der Waals surface area (Å²) < 4.78 is 5.10. The number of rotatable bonds is 0. The fraction of sp³-hybridized carbons (Fsp3) is 0.778. The van der Waals surface area contributed by atoms with Crippen molar-refractivity contribution >= 4 is 19.7 Å². The summed E-state index contributed by atoms with van der Waals surface area (Å²) in [7, 11) is 5.47. The maximum atomic E-state index is 11.4. The summed E-state index contributed by atoms with van der Waals surface area (Å²) in [4.78, 5) is 23.9. The van der Waals surface area contributed by atoms with Crippen LogP contribution in [-0.2, 0) is 9.53 Å². The van der Waals surface area contributed by atoms with Crippen LogP contribution in [0.1, 0.15) is 20.8 Å². The van der Waals surface area contributed by atoms with Crippen LogP contribution < -0.4 is 0 Å². The van der Waals surface area contributed by atoms with Crippen LogP contribution in [0, 0.1) is 0 Å². The zero-order chi connectivity index (χ0) is 10.9. The van der Waals surface area contributed by atoms with E-state index >= 15 is 0 Å². The van der Waals surface area contributed by atoms with Gasteiger partial charge in [0.25, 0.3) is 0 Å². The number of likely N-dealkylation sites (tertiary alicyclic amines) is 1. The number of amides is 1. The van der Waals surface area contributed by atoms with Gasteiger partial charge >= 0.3 is 6.09 Å². The van der Waals surface area contributed by atoms with E-state index in [-0.39, 0.29) is 18.9 Å². The highest BCUT2D eigenvalue weighted by Gasteiger charge is 2.32. The van der Waals surface area contributed by atoms with E-state index in [1.807, 2.05) is 0 Å². The lowest BCUT2D eigenvalue weighted by atomic mass is 9.86. The summed E-state index contributed by atoms with van der Waals surface area (Å²) in [6.45, 7) is 5.66. The first-order valence-corrected chi connectivity index (χ1v) is 4.56. The van der Waals surface area contributed by atoms with Gasteiger partial charge in [-0.3, -0.25) is 4.79 Å². The molecular formula is C9H14BNO3. The largest absolute Gasteiger partial charge is 0.444 e. The van der Waals surface area contributed by atoms with E-state index in [0.29, 0.717) is 0 Å². The molecule has 0 aromatic rings. The van der Waals surface area contributed by atoms with E-state index in [1.165, 1.54) is 4.90 Å². The molecule has 2 radical (unpaired) electrons. The summed E-state index contributed by atoms with van der Waals surface area (Å²) >= 11 is 0. The van der Waals surface area contributed by atoms with Gasteiger partial charge < -0.3 is 9.64 Å². The van der Waals surface area contributed by atoms with Crippen molar-refractivity contribution in [1.82, 2.24) is 4.90 Å². The number of hydrogen-bond donors (Lipinski definition) is 0. The van der Waals surface area contributed by atoms with Crippen molar-refractivity contribution in [2.45, 2.75) is 32.2 Å². The average molecular weight is 195 g/mol. The van der Waals surface area contributed by atoms with Crippen molar-refractivity contribution in [2.24, 2.45) is 0 Å². The van der Waals surface area contributed by atoms with Crippen molar-refractivity contribution in [3.05, 3.63) is 0 Å². The molecule has 1 aliphatic heterocycles. The Morgan fingerprint density at radius 1 is 1.57 bits per heavy atom. The molecule has 1 atom stereocenters. The molecule has 14 heavy (non-hydrogen) atoms. The molecule has 0 N–H and O–H groups in total. The highest BCUT2D eigenvalue weighted by molar-refractivity contribution is 6.26. The van der Waals surface area contributed by atoms with E-state index in [4.69, 9.17) is 12.6 Å². The Morgan fingerprint density at radius 2 is 2.14 bits per heavy atom. The van der Waals surface area contributed by atoms with Crippen LogP contribution in [0.25, 0.3) is 0 Å². The Balaban J connectivity index is 2.52. The molecule has 0 spiro atoms. The van der Waals surface area contributed by atoms with Crippen LogP contribution in [-0.4, -0.2) is 43.3 Å². The van der Waals surface area contributed by atoms with Crippen LogP contribution in [0.2, 0.25) is 5.82 Å². The summed E-state index contributed by atoms with van der Waals surface area (Å²) in [6, 6.07) is 0. The highest BCUT2D eigenvalue weighted by atomic mass is 16.6. The Morgan fingerprint density at radius 3 is 2.50 bits per heavy atom. The second-order valence-electron chi connectivity index (χ2n) is 4.43. The molecule has 0 saturated carbocycles. The molecule has 0 bridgehead atoms. The molecule has 4 nitrogen and oxygen atoms in total. The number of hydrogen-bond acceptors (Lipinski definition) is 3. The zero-order valence-corrected chi connectivity index (χ0v) is 8.74. The normalized spacial score (nSPS) is 22.6. The molecule has 0 aromatic carbocycles.